The van der Waals surface area contributed by atoms with Gasteiger partial charge in [-0.2, -0.15) is 0 Å². The fraction of sp³-hybridized carbons (Fsp3) is 0.308. The molecule has 0 aliphatic heterocycles. The molecular weight excluding hydrogens is 248 g/mol. The van der Waals surface area contributed by atoms with Crippen LogP contribution >= 0.6 is 0 Å². The van der Waals surface area contributed by atoms with Crippen molar-refractivity contribution in [2.24, 2.45) is 5.92 Å². The van der Waals surface area contributed by atoms with Gasteiger partial charge in [0.1, 0.15) is 5.92 Å². The molecular formula is C13H16N2O4. The Bertz CT molecular complexity index is 482. The van der Waals surface area contributed by atoms with Crippen LogP contribution < -0.4 is 10.6 Å². The van der Waals surface area contributed by atoms with Crippen molar-refractivity contribution in [1.82, 2.24) is 5.32 Å². The van der Waals surface area contributed by atoms with Gasteiger partial charge in [-0.3, -0.25) is 14.4 Å². The third kappa shape index (κ3) is 4.79. The number of carbonyl (C=O) groups is 3. The van der Waals surface area contributed by atoms with E-state index in [1.807, 2.05) is 0 Å². The van der Waals surface area contributed by atoms with Crippen molar-refractivity contribution < 1.29 is 19.5 Å². The second-order valence-electron chi connectivity index (χ2n) is 4.16. The summed E-state index contributed by atoms with van der Waals surface area (Å²) in [6.07, 6.45) is 0. The van der Waals surface area contributed by atoms with Gasteiger partial charge >= 0.3 is 5.97 Å². The minimum Gasteiger partial charge on any atom is -0.481 e. The van der Waals surface area contributed by atoms with Crippen LogP contribution in [0, 0.1) is 5.92 Å². The van der Waals surface area contributed by atoms with Gasteiger partial charge in [0.05, 0.1) is 0 Å². The van der Waals surface area contributed by atoms with E-state index in [-0.39, 0.29) is 12.5 Å². The van der Waals surface area contributed by atoms with E-state index in [0.29, 0.717) is 5.69 Å². The zero-order chi connectivity index (χ0) is 14.4. The van der Waals surface area contributed by atoms with Gasteiger partial charge in [0, 0.05) is 19.2 Å². The van der Waals surface area contributed by atoms with Crippen molar-refractivity contribution in [2.45, 2.75) is 20.4 Å². The molecule has 0 saturated carbocycles. The lowest BCUT2D eigenvalue weighted by Crippen LogP contribution is -2.33. The lowest BCUT2D eigenvalue weighted by molar-refractivity contribution is -0.146. The molecule has 0 saturated heterocycles. The molecule has 1 aromatic carbocycles. The van der Waals surface area contributed by atoms with Crippen LogP contribution in [0.4, 0.5) is 5.69 Å². The lowest BCUT2D eigenvalue weighted by Gasteiger charge is -2.09. The SMILES string of the molecule is CC(=O)Nc1ccc(CNC(=O)C(C)C(=O)O)cc1. The summed E-state index contributed by atoms with van der Waals surface area (Å²) in [5.74, 6) is -2.91. The number of carbonyl (C=O) groups excluding carboxylic acids is 2. The number of amides is 2. The highest BCUT2D eigenvalue weighted by atomic mass is 16.4. The summed E-state index contributed by atoms with van der Waals surface area (Å²) < 4.78 is 0. The molecule has 2 amide bonds. The monoisotopic (exact) mass is 264 g/mol. The highest BCUT2D eigenvalue weighted by Crippen LogP contribution is 2.09. The van der Waals surface area contributed by atoms with Gasteiger partial charge in [-0.05, 0) is 24.6 Å². The Hall–Kier alpha value is -2.37. The van der Waals surface area contributed by atoms with Crippen LogP contribution in [0.5, 0.6) is 0 Å². The zero-order valence-corrected chi connectivity index (χ0v) is 10.8. The van der Waals surface area contributed by atoms with Crippen LogP contribution in [0.1, 0.15) is 19.4 Å². The molecule has 0 aliphatic carbocycles. The minimum atomic E-state index is -1.15. The lowest BCUT2D eigenvalue weighted by atomic mass is 10.1. The van der Waals surface area contributed by atoms with Crippen molar-refractivity contribution in [2.75, 3.05) is 5.32 Å². The first-order valence-corrected chi connectivity index (χ1v) is 5.77. The third-order valence-electron chi connectivity index (χ3n) is 2.50. The molecule has 1 aromatic rings. The molecule has 0 heterocycles. The summed E-state index contributed by atoms with van der Waals surface area (Å²) in [7, 11) is 0. The van der Waals surface area contributed by atoms with E-state index in [2.05, 4.69) is 10.6 Å². The third-order valence-corrected chi connectivity index (χ3v) is 2.50. The molecule has 19 heavy (non-hydrogen) atoms. The fourth-order valence-electron chi connectivity index (χ4n) is 1.36. The number of anilines is 1. The Labute approximate surface area is 110 Å². The largest absolute Gasteiger partial charge is 0.481 e. The maximum Gasteiger partial charge on any atom is 0.315 e. The number of carboxylic acid groups (broad SMARTS) is 1. The molecule has 1 rings (SSSR count). The van der Waals surface area contributed by atoms with Crippen LogP contribution in [0.25, 0.3) is 0 Å². The topological polar surface area (TPSA) is 95.5 Å². The molecule has 0 aromatic heterocycles. The molecule has 102 valence electrons. The molecule has 6 heteroatoms. The first-order chi connectivity index (χ1) is 8.90. The number of hydrogen-bond acceptors (Lipinski definition) is 3. The summed E-state index contributed by atoms with van der Waals surface area (Å²) in [5.41, 5.74) is 1.49. The Morgan fingerprint density at radius 2 is 1.79 bits per heavy atom. The molecule has 0 spiro atoms. The number of benzene rings is 1. The maximum atomic E-state index is 11.4. The normalized spacial score (nSPS) is 11.5. The predicted molar refractivity (Wildman–Crippen MR) is 69.4 cm³/mol. The standard InChI is InChI=1S/C13H16N2O4/c1-8(13(18)19)12(17)14-7-10-3-5-11(6-4-10)15-9(2)16/h3-6,8H,7H2,1-2H3,(H,14,17)(H,15,16)(H,18,19). The maximum absolute atomic E-state index is 11.4. The van der Waals surface area contributed by atoms with Gasteiger partial charge in [-0.1, -0.05) is 12.1 Å². The Balaban J connectivity index is 2.52. The zero-order valence-electron chi connectivity index (χ0n) is 10.8. The Morgan fingerprint density at radius 1 is 1.21 bits per heavy atom. The fourth-order valence-corrected chi connectivity index (χ4v) is 1.36. The summed E-state index contributed by atoms with van der Waals surface area (Å²) in [6.45, 7) is 3.00. The number of nitrogens with one attached hydrogen (secondary N) is 2. The molecule has 1 atom stereocenters. The minimum absolute atomic E-state index is 0.156. The average Bonchev–Trinajstić information content (AvgIpc) is 2.35. The predicted octanol–water partition coefficient (Wildman–Crippen LogP) is 0.982. The van der Waals surface area contributed by atoms with Crippen molar-refractivity contribution in [3.8, 4) is 0 Å². The van der Waals surface area contributed by atoms with Crippen LogP contribution in [0.2, 0.25) is 0 Å². The summed E-state index contributed by atoms with van der Waals surface area (Å²) in [4.78, 5) is 32.8. The first kappa shape index (κ1) is 14.7. The molecule has 0 radical (unpaired) electrons. The summed E-state index contributed by atoms with van der Waals surface area (Å²) >= 11 is 0. The van der Waals surface area contributed by atoms with E-state index >= 15 is 0 Å². The highest BCUT2D eigenvalue weighted by Gasteiger charge is 2.19. The van der Waals surface area contributed by atoms with E-state index in [1.54, 1.807) is 24.3 Å². The molecule has 1 unspecified atom stereocenters. The van der Waals surface area contributed by atoms with Gasteiger partial charge in [0.2, 0.25) is 11.8 Å². The van der Waals surface area contributed by atoms with Crippen molar-refractivity contribution in [1.29, 1.82) is 0 Å². The average molecular weight is 264 g/mol. The first-order valence-electron chi connectivity index (χ1n) is 5.77. The van der Waals surface area contributed by atoms with Crippen molar-refractivity contribution in [3.05, 3.63) is 29.8 Å². The van der Waals surface area contributed by atoms with Crippen LogP contribution in [0.15, 0.2) is 24.3 Å². The number of rotatable bonds is 5. The van der Waals surface area contributed by atoms with Crippen LogP contribution in [-0.2, 0) is 20.9 Å². The molecule has 6 nitrogen and oxygen atoms in total. The molecule has 3 N–H and O–H groups in total. The molecule has 0 aliphatic rings. The van der Waals surface area contributed by atoms with Crippen molar-refractivity contribution >= 4 is 23.5 Å². The second kappa shape index (κ2) is 6.53. The number of aliphatic carboxylic acids is 1. The highest BCUT2D eigenvalue weighted by molar-refractivity contribution is 5.96. The van der Waals surface area contributed by atoms with Gasteiger partial charge in [0.15, 0.2) is 0 Å². The summed E-state index contributed by atoms with van der Waals surface area (Å²) in [6, 6.07) is 6.92. The smallest absolute Gasteiger partial charge is 0.315 e. The number of hydrogen-bond donors (Lipinski definition) is 3. The van der Waals surface area contributed by atoms with Gasteiger partial charge in [-0.15, -0.1) is 0 Å². The summed E-state index contributed by atoms with van der Waals surface area (Å²) in [5, 5.41) is 13.8. The van der Waals surface area contributed by atoms with Crippen LogP contribution in [-0.4, -0.2) is 22.9 Å². The Kier molecular flexibility index (Phi) is 5.05. The number of carboxylic acids is 1. The quantitative estimate of drug-likeness (QED) is 0.691. The second-order valence-corrected chi connectivity index (χ2v) is 4.16. The molecule has 0 fully saturated rings. The van der Waals surface area contributed by atoms with E-state index in [4.69, 9.17) is 5.11 Å². The van der Waals surface area contributed by atoms with Crippen molar-refractivity contribution in [3.63, 3.8) is 0 Å². The molecule has 0 bridgehead atoms. The van der Waals surface area contributed by atoms with Gasteiger partial charge < -0.3 is 15.7 Å². The van der Waals surface area contributed by atoms with Crippen LogP contribution in [0.3, 0.4) is 0 Å². The van der Waals surface area contributed by atoms with Gasteiger partial charge in [-0.25, -0.2) is 0 Å². The van der Waals surface area contributed by atoms with E-state index < -0.39 is 17.8 Å². The Morgan fingerprint density at radius 3 is 2.26 bits per heavy atom. The van der Waals surface area contributed by atoms with E-state index in [1.165, 1.54) is 13.8 Å². The van der Waals surface area contributed by atoms with E-state index in [0.717, 1.165) is 5.56 Å². The van der Waals surface area contributed by atoms with E-state index in [9.17, 15) is 14.4 Å². The van der Waals surface area contributed by atoms with Gasteiger partial charge in [0.25, 0.3) is 0 Å².